The van der Waals surface area contributed by atoms with E-state index >= 15 is 0 Å². The van der Waals surface area contributed by atoms with E-state index in [1.165, 1.54) is 37.5 Å². The number of halogens is 2. The molecule has 9 heteroatoms. The van der Waals surface area contributed by atoms with E-state index in [2.05, 4.69) is 5.32 Å². The molecule has 1 N–H and O–H groups in total. The molecule has 0 saturated carbocycles. The number of benzene rings is 2. The Balaban J connectivity index is 2.01. The lowest BCUT2D eigenvalue weighted by molar-refractivity contribution is -0.122. The van der Waals surface area contributed by atoms with Gasteiger partial charge in [0.05, 0.1) is 23.9 Å². The molecule has 2 aromatic carbocycles. The van der Waals surface area contributed by atoms with Gasteiger partial charge >= 0.3 is 6.03 Å². The first-order chi connectivity index (χ1) is 14.7. The van der Waals surface area contributed by atoms with Crippen LogP contribution in [0, 0.1) is 5.82 Å². The molecule has 3 rings (SSSR count). The Bertz CT molecular complexity index is 1090. The molecule has 1 aliphatic heterocycles. The minimum atomic E-state index is -0.967. The number of amides is 4. The standard InChI is InChI=1S/C22H20ClFN2O5/c1-4-12(2)31-19-17(23)9-13(10-18(19)30-3)8-16-20(27)25-22(29)26(21(16)28)15-7-5-6-14(24)11-15/h5-12H,4H2,1-3H3,(H,25,27,29)/b16-8+/t12-/m0/s1. The van der Waals surface area contributed by atoms with Crippen LogP contribution in [-0.2, 0) is 9.59 Å². The number of imide groups is 2. The molecule has 1 saturated heterocycles. The van der Waals surface area contributed by atoms with E-state index in [1.807, 2.05) is 13.8 Å². The molecular formula is C22H20ClFN2O5. The minimum Gasteiger partial charge on any atom is -0.493 e. The number of hydrogen-bond acceptors (Lipinski definition) is 5. The summed E-state index contributed by atoms with van der Waals surface area (Å²) in [7, 11) is 1.44. The molecule has 1 fully saturated rings. The Labute approximate surface area is 183 Å². The molecule has 0 radical (unpaired) electrons. The lowest BCUT2D eigenvalue weighted by Gasteiger charge is -2.26. The maximum atomic E-state index is 13.6. The SMILES string of the molecule is CC[C@H](C)Oc1c(Cl)cc(/C=C2\C(=O)NC(=O)N(c3cccc(F)c3)C2=O)cc1OC. The molecule has 0 bridgehead atoms. The summed E-state index contributed by atoms with van der Waals surface area (Å²) in [5.74, 6) is -1.74. The Morgan fingerprint density at radius 3 is 2.61 bits per heavy atom. The summed E-state index contributed by atoms with van der Waals surface area (Å²) in [5.41, 5.74) is 0.0526. The number of carbonyl (C=O) groups excluding carboxylic acids is 3. The number of hydrogen-bond donors (Lipinski definition) is 1. The number of urea groups is 1. The predicted molar refractivity (Wildman–Crippen MR) is 114 cm³/mol. The van der Waals surface area contributed by atoms with Crippen molar-refractivity contribution in [2.24, 2.45) is 0 Å². The molecular weight excluding hydrogens is 427 g/mol. The maximum Gasteiger partial charge on any atom is 0.335 e. The van der Waals surface area contributed by atoms with Crippen LogP contribution >= 0.6 is 11.6 Å². The van der Waals surface area contributed by atoms with E-state index in [9.17, 15) is 18.8 Å². The number of barbiturate groups is 1. The zero-order valence-corrected chi connectivity index (χ0v) is 17.8. The highest BCUT2D eigenvalue weighted by Crippen LogP contribution is 2.38. The molecule has 0 unspecified atom stereocenters. The van der Waals surface area contributed by atoms with Crippen molar-refractivity contribution in [1.82, 2.24) is 5.32 Å². The van der Waals surface area contributed by atoms with Crippen LogP contribution < -0.4 is 19.7 Å². The number of rotatable bonds is 6. The molecule has 2 aromatic rings. The number of methoxy groups -OCH3 is 1. The Morgan fingerprint density at radius 1 is 1.23 bits per heavy atom. The van der Waals surface area contributed by atoms with E-state index in [0.717, 1.165) is 12.5 Å². The van der Waals surface area contributed by atoms with Crippen molar-refractivity contribution >= 4 is 41.2 Å². The number of nitrogens with one attached hydrogen (secondary N) is 1. The maximum absolute atomic E-state index is 13.6. The van der Waals surface area contributed by atoms with Gasteiger partial charge in [-0.3, -0.25) is 14.9 Å². The molecule has 1 atom stereocenters. The number of ether oxygens (including phenoxy) is 2. The van der Waals surface area contributed by atoms with Crippen LogP contribution in [0.4, 0.5) is 14.9 Å². The van der Waals surface area contributed by atoms with Gasteiger partial charge in [0.1, 0.15) is 11.4 Å². The lowest BCUT2D eigenvalue weighted by atomic mass is 10.1. The molecule has 162 valence electrons. The van der Waals surface area contributed by atoms with Crippen molar-refractivity contribution in [3.8, 4) is 11.5 Å². The average Bonchev–Trinajstić information content (AvgIpc) is 2.72. The second kappa shape index (κ2) is 9.18. The van der Waals surface area contributed by atoms with Crippen LogP contribution in [0.1, 0.15) is 25.8 Å². The largest absolute Gasteiger partial charge is 0.493 e. The Hall–Kier alpha value is -3.39. The molecule has 1 heterocycles. The molecule has 0 aliphatic carbocycles. The molecule has 7 nitrogen and oxygen atoms in total. The summed E-state index contributed by atoms with van der Waals surface area (Å²) in [6, 6.07) is 7.03. The monoisotopic (exact) mass is 446 g/mol. The topological polar surface area (TPSA) is 84.9 Å². The van der Waals surface area contributed by atoms with Gasteiger partial charge in [-0.25, -0.2) is 14.1 Å². The quantitative estimate of drug-likeness (QED) is 0.527. The van der Waals surface area contributed by atoms with Gasteiger partial charge < -0.3 is 9.47 Å². The fraction of sp³-hybridized carbons (Fsp3) is 0.227. The predicted octanol–water partition coefficient (Wildman–Crippen LogP) is 4.33. The third-order valence-corrected chi connectivity index (χ3v) is 4.91. The van der Waals surface area contributed by atoms with Crippen molar-refractivity contribution in [2.45, 2.75) is 26.4 Å². The van der Waals surface area contributed by atoms with Gasteiger partial charge in [-0.1, -0.05) is 24.6 Å². The molecule has 0 spiro atoms. The summed E-state index contributed by atoms with van der Waals surface area (Å²) >= 11 is 6.34. The molecule has 1 aliphatic rings. The third-order valence-electron chi connectivity index (χ3n) is 4.62. The Morgan fingerprint density at radius 2 is 1.97 bits per heavy atom. The van der Waals surface area contributed by atoms with Crippen LogP contribution in [0.3, 0.4) is 0 Å². The molecule has 31 heavy (non-hydrogen) atoms. The smallest absolute Gasteiger partial charge is 0.335 e. The van der Waals surface area contributed by atoms with Crippen molar-refractivity contribution < 1.29 is 28.2 Å². The molecule has 4 amide bonds. The Kier molecular flexibility index (Phi) is 6.60. The van der Waals surface area contributed by atoms with E-state index in [4.69, 9.17) is 21.1 Å². The zero-order chi connectivity index (χ0) is 22.7. The summed E-state index contributed by atoms with van der Waals surface area (Å²) in [5, 5.41) is 2.31. The zero-order valence-electron chi connectivity index (χ0n) is 17.1. The fourth-order valence-corrected chi connectivity index (χ4v) is 3.16. The van der Waals surface area contributed by atoms with E-state index in [0.29, 0.717) is 22.0 Å². The van der Waals surface area contributed by atoms with Crippen LogP contribution in [0.15, 0.2) is 42.0 Å². The first kappa shape index (κ1) is 22.3. The third kappa shape index (κ3) is 4.69. The van der Waals surface area contributed by atoms with Crippen molar-refractivity contribution in [3.63, 3.8) is 0 Å². The fourth-order valence-electron chi connectivity index (χ4n) is 2.90. The van der Waals surface area contributed by atoms with Crippen LogP contribution in [0.2, 0.25) is 5.02 Å². The number of anilines is 1. The summed E-state index contributed by atoms with van der Waals surface area (Å²) < 4.78 is 24.7. The van der Waals surface area contributed by atoms with Gasteiger partial charge in [0.15, 0.2) is 11.5 Å². The number of nitrogens with zero attached hydrogens (tertiary/aromatic N) is 1. The van der Waals surface area contributed by atoms with Crippen molar-refractivity contribution in [2.75, 3.05) is 12.0 Å². The van der Waals surface area contributed by atoms with Gasteiger partial charge in [-0.15, -0.1) is 0 Å². The number of carbonyl (C=O) groups is 3. The van der Waals surface area contributed by atoms with Crippen molar-refractivity contribution in [1.29, 1.82) is 0 Å². The van der Waals surface area contributed by atoms with E-state index in [-0.39, 0.29) is 22.4 Å². The van der Waals surface area contributed by atoms with Crippen LogP contribution in [0.25, 0.3) is 6.08 Å². The van der Waals surface area contributed by atoms with Gasteiger partial charge in [0.2, 0.25) is 0 Å². The normalized spacial score (nSPS) is 16.4. The lowest BCUT2D eigenvalue weighted by Crippen LogP contribution is -2.54. The van der Waals surface area contributed by atoms with Gasteiger partial charge in [0, 0.05) is 0 Å². The molecule has 0 aromatic heterocycles. The van der Waals surface area contributed by atoms with Crippen molar-refractivity contribution in [3.05, 3.63) is 58.4 Å². The second-order valence-corrected chi connectivity index (χ2v) is 7.22. The van der Waals surface area contributed by atoms with E-state index < -0.39 is 23.7 Å². The summed E-state index contributed by atoms with van der Waals surface area (Å²) in [4.78, 5) is 38.2. The highest BCUT2D eigenvalue weighted by Gasteiger charge is 2.37. The summed E-state index contributed by atoms with van der Waals surface area (Å²) in [6.45, 7) is 3.84. The first-order valence-corrected chi connectivity index (χ1v) is 9.84. The summed E-state index contributed by atoms with van der Waals surface area (Å²) in [6.07, 6.45) is 1.93. The van der Waals surface area contributed by atoms with Gasteiger partial charge in [-0.05, 0) is 55.3 Å². The highest BCUT2D eigenvalue weighted by atomic mass is 35.5. The van der Waals surface area contributed by atoms with Crippen LogP contribution in [-0.4, -0.2) is 31.1 Å². The average molecular weight is 447 g/mol. The first-order valence-electron chi connectivity index (χ1n) is 9.46. The van der Waals surface area contributed by atoms with E-state index in [1.54, 1.807) is 6.07 Å². The highest BCUT2D eigenvalue weighted by molar-refractivity contribution is 6.39. The second-order valence-electron chi connectivity index (χ2n) is 6.81. The van der Waals surface area contributed by atoms with Crippen LogP contribution in [0.5, 0.6) is 11.5 Å². The van der Waals surface area contributed by atoms with Gasteiger partial charge in [0.25, 0.3) is 11.8 Å². The van der Waals surface area contributed by atoms with Gasteiger partial charge in [-0.2, -0.15) is 0 Å². The minimum absolute atomic E-state index is 0.00573.